The third-order valence-corrected chi connectivity index (χ3v) is 3.38. The van der Waals surface area contributed by atoms with Crippen molar-refractivity contribution in [3.05, 3.63) is 34.9 Å². The lowest BCUT2D eigenvalue weighted by atomic mass is 9.89. The third kappa shape index (κ3) is 3.32. The molecule has 2 unspecified atom stereocenters. The van der Waals surface area contributed by atoms with Crippen LogP contribution in [0.5, 0.6) is 0 Å². The van der Waals surface area contributed by atoms with Crippen LogP contribution in [0.1, 0.15) is 36.0 Å². The van der Waals surface area contributed by atoms with Gasteiger partial charge >= 0.3 is 0 Å². The smallest absolute Gasteiger partial charge is 0.0471 e. The topological polar surface area (TPSA) is 46.2 Å². The van der Waals surface area contributed by atoms with Crippen LogP contribution in [0.2, 0.25) is 0 Å². The van der Waals surface area contributed by atoms with Gasteiger partial charge in [0.1, 0.15) is 0 Å². The molecule has 2 nitrogen and oxygen atoms in total. The van der Waals surface area contributed by atoms with Gasteiger partial charge in [0.2, 0.25) is 0 Å². The monoisotopic (exact) mass is 221 g/mol. The van der Waals surface area contributed by atoms with E-state index >= 15 is 0 Å². The molecule has 0 aliphatic carbocycles. The molecule has 3 N–H and O–H groups in total. The fourth-order valence-corrected chi connectivity index (χ4v) is 1.95. The molecule has 0 aliphatic rings. The number of nitrogens with two attached hydrogens (primary N) is 1. The zero-order valence-corrected chi connectivity index (χ0v) is 10.5. The summed E-state index contributed by atoms with van der Waals surface area (Å²) in [4.78, 5) is 0. The molecular formula is C14H23NO. The molecule has 1 aromatic carbocycles. The van der Waals surface area contributed by atoms with Crippen LogP contribution in [-0.2, 0) is 0 Å². The summed E-state index contributed by atoms with van der Waals surface area (Å²) in [6.07, 6.45) is 0.954. The Morgan fingerprint density at radius 3 is 2.44 bits per heavy atom. The van der Waals surface area contributed by atoms with E-state index in [0.29, 0.717) is 12.5 Å². The van der Waals surface area contributed by atoms with Crippen molar-refractivity contribution in [1.29, 1.82) is 0 Å². The van der Waals surface area contributed by atoms with Crippen molar-refractivity contribution in [2.45, 2.75) is 33.1 Å². The highest BCUT2D eigenvalue weighted by atomic mass is 16.3. The third-order valence-electron chi connectivity index (χ3n) is 3.38. The van der Waals surface area contributed by atoms with Gasteiger partial charge in [0.05, 0.1) is 0 Å². The molecule has 0 aliphatic heterocycles. The molecule has 0 bridgehead atoms. The molecule has 0 saturated heterocycles. The average molecular weight is 221 g/mol. The van der Waals surface area contributed by atoms with Gasteiger partial charge in [0.25, 0.3) is 0 Å². The first-order chi connectivity index (χ1) is 7.58. The molecule has 0 amide bonds. The van der Waals surface area contributed by atoms with Crippen molar-refractivity contribution in [3.8, 4) is 0 Å². The summed E-state index contributed by atoms with van der Waals surface area (Å²) in [5, 5.41) is 9.14. The van der Waals surface area contributed by atoms with Crippen LogP contribution < -0.4 is 5.73 Å². The highest BCUT2D eigenvalue weighted by molar-refractivity contribution is 5.31. The SMILES string of the molecule is Cc1ccc(C(C)CC(CN)CO)cc1C. The number of benzene rings is 1. The summed E-state index contributed by atoms with van der Waals surface area (Å²) in [6, 6.07) is 6.58. The van der Waals surface area contributed by atoms with Gasteiger partial charge in [-0.15, -0.1) is 0 Å². The van der Waals surface area contributed by atoms with E-state index in [4.69, 9.17) is 10.8 Å². The van der Waals surface area contributed by atoms with Crippen molar-refractivity contribution in [3.63, 3.8) is 0 Å². The van der Waals surface area contributed by atoms with Crippen LogP contribution in [-0.4, -0.2) is 18.3 Å². The van der Waals surface area contributed by atoms with Crippen LogP contribution in [0.15, 0.2) is 18.2 Å². The Labute approximate surface area is 98.5 Å². The van der Waals surface area contributed by atoms with E-state index in [9.17, 15) is 0 Å². The standard InChI is InChI=1S/C14H23NO/c1-10-4-5-14(7-11(10)2)12(3)6-13(8-15)9-16/h4-5,7,12-13,16H,6,8-9,15H2,1-3H3. The molecule has 1 rings (SSSR count). The van der Waals surface area contributed by atoms with Crippen LogP contribution in [0.3, 0.4) is 0 Å². The van der Waals surface area contributed by atoms with Crippen molar-refractivity contribution >= 4 is 0 Å². The lowest BCUT2D eigenvalue weighted by Crippen LogP contribution is -2.20. The van der Waals surface area contributed by atoms with Crippen LogP contribution in [0.4, 0.5) is 0 Å². The largest absolute Gasteiger partial charge is 0.396 e. The lowest BCUT2D eigenvalue weighted by molar-refractivity contribution is 0.217. The second-order valence-corrected chi connectivity index (χ2v) is 4.76. The van der Waals surface area contributed by atoms with Gasteiger partial charge in [-0.1, -0.05) is 25.1 Å². The molecular weight excluding hydrogens is 198 g/mol. The molecule has 0 radical (unpaired) electrons. The number of rotatable bonds is 5. The van der Waals surface area contributed by atoms with E-state index in [1.165, 1.54) is 16.7 Å². The molecule has 0 fully saturated rings. The normalized spacial score (nSPS) is 14.8. The summed E-state index contributed by atoms with van der Waals surface area (Å²) in [5.74, 6) is 0.677. The predicted molar refractivity (Wildman–Crippen MR) is 68.6 cm³/mol. The fourth-order valence-electron chi connectivity index (χ4n) is 1.95. The Bertz CT molecular complexity index is 332. The van der Waals surface area contributed by atoms with Gasteiger partial charge < -0.3 is 10.8 Å². The zero-order valence-electron chi connectivity index (χ0n) is 10.5. The van der Waals surface area contributed by atoms with Crippen LogP contribution in [0.25, 0.3) is 0 Å². The Morgan fingerprint density at radius 2 is 1.94 bits per heavy atom. The highest BCUT2D eigenvalue weighted by Gasteiger charge is 2.13. The highest BCUT2D eigenvalue weighted by Crippen LogP contribution is 2.24. The molecule has 2 atom stereocenters. The van der Waals surface area contributed by atoms with E-state index in [1.807, 2.05) is 0 Å². The molecule has 0 spiro atoms. The van der Waals surface area contributed by atoms with Crippen LogP contribution in [0, 0.1) is 19.8 Å². The Hall–Kier alpha value is -0.860. The molecule has 0 aromatic heterocycles. The first-order valence-corrected chi connectivity index (χ1v) is 5.96. The minimum Gasteiger partial charge on any atom is -0.396 e. The first-order valence-electron chi connectivity index (χ1n) is 5.96. The predicted octanol–water partition coefficient (Wildman–Crippen LogP) is 2.36. The lowest BCUT2D eigenvalue weighted by Gasteiger charge is -2.18. The molecule has 0 saturated carbocycles. The maximum Gasteiger partial charge on any atom is 0.0471 e. The number of aliphatic hydroxyl groups excluding tert-OH is 1. The Morgan fingerprint density at radius 1 is 1.25 bits per heavy atom. The average Bonchev–Trinajstić information content (AvgIpc) is 2.29. The van der Waals surface area contributed by atoms with Gasteiger partial charge in [0.15, 0.2) is 0 Å². The van der Waals surface area contributed by atoms with Gasteiger partial charge in [-0.05, 0) is 55.3 Å². The number of hydrogen-bond donors (Lipinski definition) is 2. The number of aliphatic hydroxyl groups is 1. The van der Waals surface area contributed by atoms with Crippen molar-refractivity contribution < 1.29 is 5.11 Å². The minimum atomic E-state index is 0.186. The van der Waals surface area contributed by atoms with E-state index in [0.717, 1.165) is 6.42 Å². The zero-order chi connectivity index (χ0) is 12.1. The first kappa shape index (κ1) is 13.2. The van der Waals surface area contributed by atoms with Gasteiger partial charge in [-0.2, -0.15) is 0 Å². The van der Waals surface area contributed by atoms with Crippen molar-refractivity contribution in [2.24, 2.45) is 11.7 Å². The molecule has 16 heavy (non-hydrogen) atoms. The summed E-state index contributed by atoms with van der Waals surface area (Å²) in [5.41, 5.74) is 9.60. The summed E-state index contributed by atoms with van der Waals surface area (Å²) >= 11 is 0. The molecule has 90 valence electrons. The summed E-state index contributed by atoms with van der Waals surface area (Å²) in [7, 11) is 0. The quantitative estimate of drug-likeness (QED) is 0.802. The second kappa shape index (κ2) is 6.02. The maximum atomic E-state index is 9.14. The van der Waals surface area contributed by atoms with Crippen molar-refractivity contribution in [2.75, 3.05) is 13.2 Å². The van der Waals surface area contributed by atoms with Crippen molar-refractivity contribution in [1.82, 2.24) is 0 Å². The van der Waals surface area contributed by atoms with E-state index in [2.05, 4.69) is 39.0 Å². The Balaban J connectivity index is 2.72. The minimum absolute atomic E-state index is 0.186. The van der Waals surface area contributed by atoms with Gasteiger partial charge in [-0.3, -0.25) is 0 Å². The molecule has 1 aromatic rings. The second-order valence-electron chi connectivity index (χ2n) is 4.76. The van der Waals surface area contributed by atoms with Crippen LogP contribution >= 0.6 is 0 Å². The number of aryl methyl sites for hydroxylation is 2. The summed E-state index contributed by atoms with van der Waals surface area (Å²) < 4.78 is 0. The Kier molecular flexibility index (Phi) is 4.97. The van der Waals surface area contributed by atoms with E-state index < -0.39 is 0 Å². The van der Waals surface area contributed by atoms with E-state index in [1.54, 1.807) is 0 Å². The molecule has 2 heteroatoms. The summed E-state index contributed by atoms with van der Waals surface area (Å²) in [6.45, 7) is 7.21. The van der Waals surface area contributed by atoms with E-state index in [-0.39, 0.29) is 12.5 Å². The number of hydrogen-bond acceptors (Lipinski definition) is 2. The molecule has 0 heterocycles. The maximum absolute atomic E-state index is 9.14. The van der Waals surface area contributed by atoms with Gasteiger partial charge in [0, 0.05) is 6.61 Å². The van der Waals surface area contributed by atoms with Gasteiger partial charge in [-0.25, -0.2) is 0 Å². The fraction of sp³-hybridized carbons (Fsp3) is 0.571.